The second-order valence-corrected chi connectivity index (χ2v) is 4.22. The minimum Gasteiger partial charge on any atom is -0.478 e. The van der Waals surface area contributed by atoms with Crippen molar-refractivity contribution >= 4 is 11.8 Å². The third-order valence-electron chi connectivity index (χ3n) is 2.63. The zero-order chi connectivity index (χ0) is 14.8. The molecule has 1 rings (SSSR count). The zero-order valence-electron chi connectivity index (χ0n) is 11.2. The van der Waals surface area contributed by atoms with E-state index in [-0.39, 0.29) is 11.3 Å². The van der Waals surface area contributed by atoms with E-state index in [0.29, 0.717) is 18.8 Å². The number of allylic oxidation sites excluding steroid dienone is 1. The molecule has 0 heterocycles. The van der Waals surface area contributed by atoms with Gasteiger partial charge in [0.25, 0.3) is 0 Å². The van der Waals surface area contributed by atoms with Gasteiger partial charge in [0.05, 0.1) is 12.2 Å². The number of aromatic carboxylic acids is 1. The van der Waals surface area contributed by atoms with Crippen LogP contribution in [0.3, 0.4) is 0 Å². The first-order chi connectivity index (χ1) is 9.63. The molecule has 0 aliphatic heterocycles. The van der Waals surface area contributed by atoms with Gasteiger partial charge in [0, 0.05) is 6.42 Å². The van der Waals surface area contributed by atoms with Gasteiger partial charge in [-0.3, -0.25) is 4.79 Å². The van der Waals surface area contributed by atoms with Crippen LogP contribution in [0, 0.1) is 0 Å². The molecular formula is C15H18O5. The van der Waals surface area contributed by atoms with Gasteiger partial charge < -0.3 is 9.99 Å². The van der Waals surface area contributed by atoms with E-state index in [1.54, 1.807) is 0 Å². The van der Waals surface area contributed by atoms with Crippen LogP contribution < -0.4 is 4.89 Å². The number of unbranched alkanes of at least 4 members (excludes halogenated alkanes) is 2. The zero-order valence-corrected chi connectivity index (χ0v) is 11.2. The van der Waals surface area contributed by atoms with Crippen LogP contribution >= 0.6 is 0 Å². The first-order valence-electron chi connectivity index (χ1n) is 6.41. The van der Waals surface area contributed by atoms with Gasteiger partial charge in [-0.1, -0.05) is 13.0 Å². The molecule has 0 aliphatic rings. The van der Waals surface area contributed by atoms with Crippen LogP contribution in [0.25, 0.3) is 0 Å². The van der Waals surface area contributed by atoms with E-state index in [1.165, 1.54) is 30.3 Å². The molecule has 108 valence electrons. The molecule has 1 aromatic carbocycles. The number of hydrogen-bond acceptors (Lipinski definition) is 4. The third-order valence-corrected chi connectivity index (χ3v) is 2.63. The Kier molecular flexibility index (Phi) is 7.06. The highest BCUT2D eigenvalue weighted by Crippen LogP contribution is 2.12. The molecular weight excluding hydrogens is 260 g/mol. The summed E-state index contributed by atoms with van der Waals surface area (Å²) >= 11 is 0. The van der Waals surface area contributed by atoms with Crippen molar-refractivity contribution in [3.8, 4) is 5.75 Å². The molecule has 0 amide bonds. The van der Waals surface area contributed by atoms with Crippen LogP contribution in [0.15, 0.2) is 36.9 Å². The van der Waals surface area contributed by atoms with Crippen LogP contribution in [-0.4, -0.2) is 23.5 Å². The van der Waals surface area contributed by atoms with E-state index in [2.05, 4.69) is 6.58 Å². The van der Waals surface area contributed by atoms with Crippen molar-refractivity contribution < 1.29 is 24.5 Å². The first kappa shape index (κ1) is 15.9. The van der Waals surface area contributed by atoms with Crippen molar-refractivity contribution in [1.82, 2.24) is 0 Å². The fourth-order valence-corrected chi connectivity index (χ4v) is 1.50. The highest BCUT2D eigenvalue weighted by Gasteiger charge is 2.02. The first-order valence-corrected chi connectivity index (χ1v) is 6.41. The summed E-state index contributed by atoms with van der Waals surface area (Å²) in [5, 5.41) is 8.73. The minimum absolute atomic E-state index is 0.0562. The summed E-state index contributed by atoms with van der Waals surface area (Å²) in [6.45, 7) is 3.83. The van der Waals surface area contributed by atoms with Gasteiger partial charge in [0.15, 0.2) is 11.5 Å². The van der Waals surface area contributed by atoms with Gasteiger partial charge in [-0.05, 0) is 43.2 Å². The normalized spacial score (nSPS) is 10.0. The quantitative estimate of drug-likeness (QED) is 0.308. The van der Waals surface area contributed by atoms with Gasteiger partial charge in [-0.25, -0.2) is 4.79 Å². The van der Waals surface area contributed by atoms with E-state index < -0.39 is 5.97 Å². The lowest BCUT2D eigenvalue weighted by Gasteiger charge is -2.05. The highest BCUT2D eigenvalue weighted by atomic mass is 17.2. The van der Waals surface area contributed by atoms with Gasteiger partial charge in [-0.2, -0.15) is 4.89 Å². The molecule has 0 radical (unpaired) electrons. The summed E-state index contributed by atoms with van der Waals surface area (Å²) < 4.78 is 0. The average molecular weight is 278 g/mol. The van der Waals surface area contributed by atoms with Crippen LogP contribution in [0.1, 0.15) is 36.0 Å². The number of rotatable bonds is 10. The fourth-order valence-electron chi connectivity index (χ4n) is 1.50. The Morgan fingerprint density at radius 3 is 2.45 bits per heavy atom. The summed E-state index contributed by atoms with van der Waals surface area (Å²) in [5.74, 6) is -0.468. The van der Waals surface area contributed by atoms with E-state index in [9.17, 15) is 9.59 Å². The maximum atomic E-state index is 10.9. The molecule has 5 heteroatoms. The number of hydrogen-bond donors (Lipinski definition) is 1. The summed E-state index contributed by atoms with van der Waals surface area (Å²) in [7, 11) is 0. The van der Waals surface area contributed by atoms with Crippen molar-refractivity contribution in [2.24, 2.45) is 0 Å². The van der Waals surface area contributed by atoms with Crippen molar-refractivity contribution in [2.75, 3.05) is 6.61 Å². The molecule has 0 saturated carbocycles. The fraction of sp³-hybridized carbons (Fsp3) is 0.333. The molecule has 0 fully saturated rings. The van der Waals surface area contributed by atoms with Gasteiger partial charge in [0.2, 0.25) is 0 Å². The number of carbonyl (C=O) groups excluding carboxylic acids is 1. The number of carbonyl (C=O) groups is 2. The summed E-state index contributed by atoms with van der Waals surface area (Å²) in [5.41, 5.74) is 0.198. The monoisotopic (exact) mass is 278 g/mol. The smallest absolute Gasteiger partial charge is 0.335 e. The molecule has 1 N–H and O–H groups in total. The molecule has 0 bridgehead atoms. The van der Waals surface area contributed by atoms with E-state index >= 15 is 0 Å². The Morgan fingerprint density at radius 1 is 1.15 bits per heavy atom. The van der Waals surface area contributed by atoms with Gasteiger partial charge >= 0.3 is 5.97 Å². The molecule has 0 spiro atoms. The van der Waals surface area contributed by atoms with Crippen molar-refractivity contribution in [1.29, 1.82) is 0 Å². The standard InChI is InChI=1S/C15H18O5/c1-2-13(16)6-4-3-5-11-19-20-14-9-7-12(8-10-14)15(17)18/h2,7-10H,1,3-6,11H2,(H,17,18). The third kappa shape index (κ3) is 6.15. The Labute approximate surface area is 117 Å². The molecule has 1 aromatic rings. The molecule has 20 heavy (non-hydrogen) atoms. The SMILES string of the molecule is C=CC(=O)CCCCCOOc1ccc(C(=O)O)cc1. The lowest BCUT2D eigenvalue weighted by atomic mass is 10.1. The second-order valence-electron chi connectivity index (χ2n) is 4.22. The number of benzene rings is 1. The maximum absolute atomic E-state index is 10.9. The molecule has 0 saturated heterocycles. The number of ketones is 1. The van der Waals surface area contributed by atoms with E-state index in [0.717, 1.165) is 19.3 Å². The predicted octanol–water partition coefficient (Wildman–Crippen LogP) is 3.01. The Balaban J connectivity index is 2.10. The average Bonchev–Trinajstić information content (AvgIpc) is 2.46. The summed E-state index contributed by atoms with van der Waals surface area (Å²) in [4.78, 5) is 31.6. The van der Waals surface area contributed by atoms with Crippen LogP contribution in [0.5, 0.6) is 5.75 Å². The molecule has 0 atom stereocenters. The van der Waals surface area contributed by atoms with Crippen LogP contribution in [0.2, 0.25) is 0 Å². The van der Waals surface area contributed by atoms with Crippen molar-refractivity contribution in [3.63, 3.8) is 0 Å². The lowest BCUT2D eigenvalue weighted by Crippen LogP contribution is -2.01. The molecule has 0 aromatic heterocycles. The molecule has 0 aliphatic carbocycles. The van der Waals surface area contributed by atoms with E-state index in [1.807, 2.05) is 0 Å². The predicted molar refractivity (Wildman–Crippen MR) is 73.7 cm³/mol. The Bertz CT molecular complexity index is 450. The highest BCUT2D eigenvalue weighted by molar-refractivity contribution is 5.89. The largest absolute Gasteiger partial charge is 0.478 e. The Morgan fingerprint density at radius 2 is 1.85 bits per heavy atom. The number of carboxylic acid groups (broad SMARTS) is 1. The van der Waals surface area contributed by atoms with Gasteiger partial charge in [0.1, 0.15) is 0 Å². The van der Waals surface area contributed by atoms with Gasteiger partial charge in [-0.15, -0.1) is 0 Å². The Hall–Kier alpha value is -2.14. The lowest BCUT2D eigenvalue weighted by molar-refractivity contribution is -0.207. The molecule has 5 nitrogen and oxygen atoms in total. The maximum Gasteiger partial charge on any atom is 0.335 e. The molecule has 0 unspecified atom stereocenters. The van der Waals surface area contributed by atoms with Crippen molar-refractivity contribution in [3.05, 3.63) is 42.5 Å². The second kappa shape index (κ2) is 8.87. The topological polar surface area (TPSA) is 72.8 Å². The summed E-state index contributed by atoms with van der Waals surface area (Å²) in [6.07, 6.45) is 4.32. The summed E-state index contributed by atoms with van der Waals surface area (Å²) in [6, 6.07) is 5.96. The minimum atomic E-state index is -0.980. The van der Waals surface area contributed by atoms with Crippen LogP contribution in [-0.2, 0) is 9.68 Å². The van der Waals surface area contributed by atoms with E-state index in [4.69, 9.17) is 14.9 Å². The van der Waals surface area contributed by atoms with Crippen molar-refractivity contribution in [2.45, 2.75) is 25.7 Å². The number of carboxylic acids is 1. The van der Waals surface area contributed by atoms with Crippen LogP contribution in [0.4, 0.5) is 0 Å².